The summed E-state index contributed by atoms with van der Waals surface area (Å²) in [6.07, 6.45) is 1.03. The Labute approximate surface area is 66.0 Å². The average Bonchev–Trinajstić information content (AvgIpc) is 1.85. The van der Waals surface area contributed by atoms with E-state index in [1.54, 1.807) is 0 Å². The molecule has 1 unspecified atom stereocenters. The van der Waals surface area contributed by atoms with Crippen LogP contribution in [-0.4, -0.2) is 29.8 Å². The molecule has 1 fully saturated rings. The molecule has 1 saturated heterocycles. The standard InChI is InChI=1S/C7H14N2O2/c1-7(9-6(10)11)3-2-4-8-5-7/h8-9H,2-5H2,1H3,(H,10,11). The maximum absolute atomic E-state index is 10.3. The third kappa shape index (κ3) is 2.38. The number of carboxylic acid groups (broad SMARTS) is 1. The van der Waals surface area contributed by atoms with Gasteiger partial charge in [-0.25, -0.2) is 4.79 Å². The van der Waals surface area contributed by atoms with Crippen molar-refractivity contribution in [3.05, 3.63) is 0 Å². The van der Waals surface area contributed by atoms with Gasteiger partial charge in [0, 0.05) is 6.54 Å². The molecule has 4 nitrogen and oxygen atoms in total. The van der Waals surface area contributed by atoms with Crippen molar-refractivity contribution in [2.45, 2.75) is 25.3 Å². The number of hydrogen-bond donors (Lipinski definition) is 3. The number of amides is 1. The van der Waals surface area contributed by atoms with Gasteiger partial charge in [0.05, 0.1) is 5.54 Å². The van der Waals surface area contributed by atoms with Crippen molar-refractivity contribution >= 4 is 6.09 Å². The highest BCUT2D eigenvalue weighted by Gasteiger charge is 2.27. The molecule has 1 aliphatic heterocycles. The van der Waals surface area contributed by atoms with Gasteiger partial charge in [0.2, 0.25) is 0 Å². The highest BCUT2D eigenvalue weighted by Crippen LogP contribution is 2.14. The normalized spacial score (nSPS) is 31.4. The molecule has 0 radical (unpaired) electrons. The zero-order valence-corrected chi connectivity index (χ0v) is 6.68. The molecule has 1 aliphatic rings. The second kappa shape index (κ2) is 3.09. The van der Waals surface area contributed by atoms with E-state index >= 15 is 0 Å². The molecule has 1 rings (SSSR count). The number of piperidine rings is 1. The summed E-state index contributed by atoms with van der Waals surface area (Å²) in [5, 5.41) is 14.2. The van der Waals surface area contributed by atoms with Crippen LogP contribution in [0.15, 0.2) is 0 Å². The first-order valence-corrected chi connectivity index (χ1v) is 3.84. The second-order valence-corrected chi connectivity index (χ2v) is 3.27. The van der Waals surface area contributed by atoms with Gasteiger partial charge in [0.1, 0.15) is 0 Å². The minimum absolute atomic E-state index is 0.260. The van der Waals surface area contributed by atoms with Crippen LogP contribution in [0.3, 0.4) is 0 Å². The van der Waals surface area contributed by atoms with Crippen molar-refractivity contribution in [3.8, 4) is 0 Å². The highest BCUT2D eigenvalue weighted by atomic mass is 16.4. The molecule has 0 saturated carbocycles. The molecule has 4 heteroatoms. The first-order valence-electron chi connectivity index (χ1n) is 3.84. The minimum Gasteiger partial charge on any atom is -0.465 e. The zero-order valence-electron chi connectivity index (χ0n) is 6.68. The van der Waals surface area contributed by atoms with E-state index in [4.69, 9.17) is 5.11 Å². The quantitative estimate of drug-likeness (QED) is 0.517. The summed E-state index contributed by atoms with van der Waals surface area (Å²) < 4.78 is 0. The van der Waals surface area contributed by atoms with Crippen molar-refractivity contribution in [1.82, 2.24) is 10.6 Å². The van der Waals surface area contributed by atoms with Crippen LogP contribution in [0.25, 0.3) is 0 Å². The largest absolute Gasteiger partial charge is 0.465 e. The summed E-state index contributed by atoms with van der Waals surface area (Å²) in [5.41, 5.74) is -0.260. The molecule has 0 aliphatic carbocycles. The van der Waals surface area contributed by atoms with E-state index in [9.17, 15) is 4.79 Å². The topological polar surface area (TPSA) is 61.4 Å². The van der Waals surface area contributed by atoms with Gasteiger partial charge >= 0.3 is 6.09 Å². The number of rotatable bonds is 1. The summed E-state index contributed by atoms with van der Waals surface area (Å²) >= 11 is 0. The van der Waals surface area contributed by atoms with Crippen LogP contribution < -0.4 is 10.6 Å². The van der Waals surface area contributed by atoms with Gasteiger partial charge in [-0.05, 0) is 26.3 Å². The fourth-order valence-electron chi connectivity index (χ4n) is 1.42. The van der Waals surface area contributed by atoms with Crippen molar-refractivity contribution in [1.29, 1.82) is 0 Å². The molecular formula is C7H14N2O2. The number of carbonyl (C=O) groups is 1. The summed E-state index contributed by atoms with van der Waals surface area (Å²) in [7, 11) is 0. The lowest BCUT2D eigenvalue weighted by Crippen LogP contribution is -2.55. The monoisotopic (exact) mass is 158 g/mol. The average molecular weight is 158 g/mol. The van der Waals surface area contributed by atoms with Gasteiger partial charge < -0.3 is 15.7 Å². The van der Waals surface area contributed by atoms with Crippen molar-refractivity contribution in [2.24, 2.45) is 0 Å². The molecular weight excluding hydrogens is 144 g/mol. The molecule has 1 atom stereocenters. The molecule has 0 bridgehead atoms. The molecule has 64 valence electrons. The van der Waals surface area contributed by atoms with E-state index in [1.165, 1.54) is 0 Å². The van der Waals surface area contributed by atoms with Gasteiger partial charge in [0.25, 0.3) is 0 Å². The molecule has 1 amide bonds. The number of nitrogens with one attached hydrogen (secondary N) is 2. The molecule has 3 N–H and O–H groups in total. The predicted molar refractivity (Wildman–Crippen MR) is 41.7 cm³/mol. The van der Waals surface area contributed by atoms with E-state index in [0.717, 1.165) is 25.9 Å². The predicted octanol–water partition coefficient (Wildman–Crippen LogP) is 0.396. The van der Waals surface area contributed by atoms with Crippen LogP contribution in [-0.2, 0) is 0 Å². The van der Waals surface area contributed by atoms with E-state index < -0.39 is 6.09 Å². The molecule has 0 spiro atoms. The summed E-state index contributed by atoms with van der Waals surface area (Å²) in [6, 6.07) is 0. The smallest absolute Gasteiger partial charge is 0.405 e. The van der Waals surface area contributed by atoms with Crippen LogP contribution in [0.4, 0.5) is 4.79 Å². The van der Waals surface area contributed by atoms with E-state index in [2.05, 4.69) is 10.6 Å². The lowest BCUT2D eigenvalue weighted by molar-refractivity contribution is 0.172. The van der Waals surface area contributed by atoms with Crippen molar-refractivity contribution in [3.63, 3.8) is 0 Å². The molecule has 0 aromatic carbocycles. The number of hydrogen-bond acceptors (Lipinski definition) is 2. The Hall–Kier alpha value is -0.770. The summed E-state index contributed by atoms with van der Waals surface area (Å²) in [5.74, 6) is 0. The fraction of sp³-hybridized carbons (Fsp3) is 0.857. The van der Waals surface area contributed by atoms with E-state index in [-0.39, 0.29) is 5.54 Å². The first-order chi connectivity index (χ1) is 5.12. The Kier molecular flexibility index (Phi) is 2.34. The second-order valence-electron chi connectivity index (χ2n) is 3.27. The zero-order chi connectivity index (χ0) is 8.32. The highest BCUT2D eigenvalue weighted by molar-refractivity contribution is 5.65. The van der Waals surface area contributed by atoms with Gasteiger partial charge in [0.15, 0.2) is 0 Å². The summed E-state index contributed by atoms with van der Waals surface area (Å²) in [6.45, 7) is 3.66. The molecule has 0 aromatic rings. The lowest BCUT2D eigenvalue weighted by atomic mass is 9.93. The van der Waals surface area contributed by atoms with Gasteiger partial charge in [-0.2, -0.15) is 0 Å². The van der Waals surface area contributed by atoms with Crippen LogP contribution in [0.2, 0.25) is 0 Å². The SMILES string of the molecule is CC1(NC(=O)O)CCCNC1. The van der Waals surface area contributed by atoms with E-state index in [0.29, 0.717) is 0 Å². The van der Waals surface area contributed by atoms with Crippen molar-refractivity contribution in [2.75, 3.05) is 13.1 Å². The Morgan fingerprint density at radius 2 is 2.45 bits per heavy atom. The van der Waals surface area contributed by atoms with Crippen LogP contribution >= 0.6 is 0 Å². The lowest BCUT2D eigenvalue weighted by Gasteiger charge is -2.33. The Bertz CT molecular complexity index is 153. The fourth-order valence-corrected chi connectivity index (χ4v) is 1.42. The first kappa shape index (κ1) is 8.33. The van der Waals surface area contributed by atoms with Gasteiger partial charge in [-0.1, -0.05) is 0 Å². The maximum Gasteiger partial charge on any atom is 0.405 e. The Morgan fingerprint density at radius 3 is 2.91 bits per heavy atom. The molecule has 1 heterocycles. The maximum atomic E-state index is 10.3. The van der Waals surface area contributed by atoms with Crippen LogP contribution in [0, 0.1) is 0 Å². The van der Waals surface area contributed by atoms with Crippen LogP contribution in [0.1, 0.15) is 19.8 Å². The Balaban J connectivity index is 2.43. The summed E-state index contributed by atoms with van der Waals surface area (Å²) in [4.78, 5) is 10.3. The van der Waals surface area contributed by atoms with Gasteiger partial charge in [-0.3, -0.25) is 0 Å². The third-order valence-electron chi connectivity index (χ3n) is 2.01. The minimum atomic E-state index is -0.934. The van der Waals surface area contributed by atoms with Gasteiger partial charge in [-0.15, -0.1) is 0 Å². The Morgan fingerprint density at radius 1 is 1.73 bits per heavy atom. The third-order valence-corrected chi connectivity index (χ3v) is 2.01. The van der Waals surface area contributed by atoms with E-state index in [1.807, 2.05) is 6.92 Å². The molecule has 0 aromatic heterocycles. The van der Waals surface area contributed by atoms with Crippen LogP contribution in [0.5, 0.6) is 0 Å². The molecule has 11 heavy (non-hydrogen) atoms. The van der Waals surface area contributed by atoms with Crippen molar-refractivity contribution < 1.29 is 9.90 Å².